The monoisotopic (exact) mass is 435 g/mol. The van der Waals surface area contributed by atoms with Crippen LogP contribution in [0.3, 0.4) is 0 Å². The van der Waals surface area contributed by atoms with Crippen molar-refractivity contribution in [2.75, 3.05) is 11.4 Å². The molecule has 3 aromatic rings. The number of pyridine rings is 1. The average molecular weight is 435 g/mol. The van der Waals surface area contributed by atoms with Crippen LogP contribution in [0, 0.1) is 11.6 Å². The number of carbonyl (C=O) groups is 2. The molecule has 1 aromatic heterocycles. The fourth-order valence-corrected chi connectivity index (χ4v) is 4.19. The number of halogens is 2. The number of hydrogen-bond acceptors (Lipinski definition) is 3. The third-order valence-corrected chi connectivity index (χ3v) is 5.73. The Hall–Kier alpha value is -3.61. The number of amides is 2. The standard InChI is InChI=1S/C25H23F2N3O2/c1-17(31)29-13-11-18-6-2-3-8-21(18)24(29)15-25(32)30(16-20-7-4-5-12-28-20)23-10-9-19(26)14-22(23)27/h2-10,12,14,24H,11,13,15-16H2,1H3. The van der Waals surface area contributed by atoms with Crippen molar-refractivity contribution in [3.05, 3.63) is 95.3 Å². The molecule has 4 rings (SSSR count). The molecule has 32 heavy (non-hydrogen) atoms. The van der Waals surface area contributed by atoms with Gasteiger partial charge in [0.2, 0.25) is 11.8 Å². The Balaban J connectivity index is 1.69. The van der Waals surface area contributed by atoms with Crippen LogP contribution in [-0.4, -0.2) is 28.2 Å². The van der Waals surface area contributed by atoms with Crippen molar-refractivity contribution in [1.29, 1.82) is 0 Å². The Kier molecular flexibility index (Phi) is 6.25. The lowest BCUT2D eigenvalue weighted by atomic mass is 9.90. The zero-order chi connectivity index (χ0) is 22.7. The maximum Gasteiger partial charge on any atom is 0.229 e. The highest BCUT2D eigenvalue weighted by molar-refractivity contribution is 5.94. The summed E-state index contributed by atoms with van der Waals surface area (Å²) in [5.74, 6) is -2.06. The third-order valence-electron chi connectivity index (χ3n) is 5.73. The molecule has 0 bridgehead atoms. The molecule has 7 heteroatoms. The van der Waals surface area contributed by atoms with Gasteiger partial charge in [-0.2, -0.15) is 0 Å². The number of fused-ring (bicyclic) bond motifs is 1. The summed E-state index contributed by atoms with van der Waals surface area (Å²) < 4.78 is 28.2. The van der Waals surface area contributed by atoms with Crippen LogP contribution in [0.4, 0.5) is 14.5 Å². The van der Waals surface area contributed by atoms with Crippen LogP contribution in [0.15, 0.2) is 66.9 Å². The van der Waals surface area contributed by atoms with Crippen LogP contribution >= 0.6 is 0 Å². The van der Waals surface area contributed by atoms with Gasteiger partial charge in [-0.15, -0.1) is 0 Å². The topological polar surface area (TPSA) is 53.5 Å². The van der Waals surface area contributed by atoms with Gasteiger partial charge in [0, 0.05) is 25.7 Å². The van der Waals surface area contributed by atoms with E-state index < -0.39 is 17.7 Å². The molecule has 1 aliphatic heterocycles. The van der Waals surface area contributed by atoms with E-state index in [0.717, 1.165) is 23.3 Å². The largest absolute Gasteiger partial charge is 0.335 e. The quantitative estimate of drug-likeness (QED) is 0.596. The number of benzene rings is 2. The second kappa shape index (κ2) is 9.26. The summed E-state index contributed by atoms with van der Waals surface area (Å²) >= 11 is 0. The molecule has 0 saturated carbocycles. The van der Waals surface area contributed by atoms with Gasteiger partial charge in [0.05, 0.1) is 30.4 Å². The van der Waals surface area contributed by atoms with Crippen LogP contribution in [0.1, 0.15) is 36.2 Å². The van der Waals surface area contributed by atoms with Crippen LogP contribution in [0.25, 0.3) is 0 Å². The second-order valence-electron chi connectivity index (χ2n) is 7.78. The molecule has 0 saturated heterocycles. The van der Waals surface area contributed by atoms with Crippen molar-refractivity contribution in [2.24, 2.45) is 0 Å². The fraction of sp³-hybridized carbons (Fsp3) is 0.240. The maximum absolute atomic E-state index is 14.7. The van der Waals surface area contributed by atoms with Gasteiger partial charge in [0.1, 0.15) is 11.6 Å². The van der Waals surface area contributed by atoms with E-state index in [1.54, 1.807) is 29.3 Å². The van der Waals surface area contributed by atoms with Gasteiger partial charge in [-0.05, 0) is 41.8 Å². The smallest absolute Gasteiger partial charge is 0.229 e. The van der Waals surface area contributed by atoms with Crippen LogP contribution < -0.4 is 4.90 Å². The van der Waals surface area contributed by atoms with Crippen LogP contribution in [-0.2, 0) is 22.6 Å². The Bertz CT molecular complexity index is 1140. The molecule has 2 aromatic carbocycles. The summed E-state index contributed by atoms with van der Waals surface area (Å²) in [5.41, 5.74) is 2.55. The molecule has 164 valence electrons. The highest BCUT2D eigenvalue weighted by Crippen LogP contribution is 2.34. The Labute approximate surface area is 185 Å². The second-order valence-corrected chi connectivity index (χ2v) is 7.78. The minimum atomic E-state index is -0.832. The van der Waals surface area contributed by atoms with Gasteiger partial charge in [0.25, 0.3) is 0 Å². The normalized spacial score (nSPS) is 15.2. The molecule has 0 radical (unpaired) electrons. The molecule has 0 aliphatic carbocycles. The first-order valence-corrected chi connectivity index (χ1v) is 10.4. The van der Waals surface area contributed by atoms with E-state index in [1.807, 2.05) is 24.3 Å². The van der Waals surface area contributed by atoms with Crippen LogP contribution in [0.2, 0.25) is 0 Å². The zero-order valence-electron chi connectivity index (χ0n) is 17.7. The van der Waals surface area contributed by atoms with Gasteiger partial charge in [0.15, 0.2) is 0 Å². The lowest BCUT2D eigenvalue weighted by Crippen LogP contribution is -2.42. The Morgan fingerprint density at radius 2 is 1.88 bits per heavy atom. The van der Waals surface area contributed by atoms with Crippen molar-refractivity contribution in [3.8, 4) is 0 Å². The number of aromatic nitrogens is 1. The van der Waals surface area contributed by atoms with Crippen molar-refractivity contribution < 1.29 is 18.4 Å². The van der Waals surface area contributed by atoms with E-state index in [9.17, 15) is 18.4 Å². The maximum atomic E-state index is 14.7. The highest BCUT2D eigenvalue weighted by Gasteiger charge is 2.33. The van der Waals surface area contributed by atoms with E-state index in [2.05, 4.69) is 4.98 Å². The first-order valence-electron chi connectivity index (χ1n) is 10.4. The van der Waals surface area contributed by atoms with Crippen molar-refractivity contribution in [3.63, 3.8) is 0 Å². The Morgan fingerprint density at radius 1 is 1.09 bits per heavy atom. The molecule has 0 fully saturated rings. The first-order chi connectivity index (χ1) is 15.4. The fourth-order valence-electron chi connectivity index (χ4n) is 4.19. The molecule has 0 spiro atoms. The van der Waals surface area contributed by atoms with E-state index in [-0.39, 0.29) is 30.5 Å². The summed E-state index contributed by atoms with van der Waals surface area (Å²) in [6, 6.07) is 15.7. The summed E-state index contributed by atoms with van der Waals surface area (Å²) in [6.45, 7) is 2.02. The minimum absolute atomic E-state index is 0.0245. The van der Waals surface area contributed by atoms with Gasteiger partial charge < -0.3 is 9.80 Å². The summed E-state index contributed by atoms with van der Waals surface area (Å²) in [6.07, 6.45) is 2.28. The van der Waals surface area contributed by atoms with Crippen molar-refractivity contribution in [2.45, 2.75) is 32.4 Å². The van der Waals surface area contributed by atoms with Crippen molar-refractivity contribution in [1.82, 2.24) is 9.88 Å². The number of anilines is 1. The zero-order valence-corrected chi connectivity index (χ0v) is 17.7. The lowest BCUT2D eigenvalue weighted by molar-refractivity contribution is -0.133. The predicted octanol–water partition coefficient (Wildman–Crippen LogP) is 4.43. The van der Waals surface area contributed by atoms with Gasteiger partial charge in [-0.3, -0.25) is 14.6 Å². The summed E-state index contributed by atoms with van der Waals surface area (Å²) in [5, 5.41) is 0. The van der Waals surface area contributed by atoms with Crippen LogP contribution in [0.5, 0.6) is 0 Å². The SMILES string of the molecule is CC(=O)N1CCc2ccccc2C1CC(=O)N(Cc1ccccn1)c1ccc(F)cc1F. The minimum Gasteiger partial charge on any atom is -0.335 e. The van der Waals surface area contributed by atoms with E-state index >= 15 is 0 Å². The van der Waals surface area contributed by atoms with E-state index in [0.29, 0.717) is 18.7 Å². The van der Waals surface area contributed by atoms with Gasteiger partial charge in [-0.1, -0.05) is 30.3 Å². The van der Waals surface area contributed by atoms with E-state index in [1.165, 1.54) is 17.9 Å². The van der Waals surface area contributed by atoms with Gasteiger partial charge in [-0.25, -0.2) is 8.78 Å². The number of hydrogen-bond donors (Lipinski definition) is 0. The Morgan fingerprint density at radius 3 is 2.59 bits per heavy atom. The molecule has 1 aliphatic rings. The third kappa shape index (κ3) is 4.51. The molecule has 0 N–H and O–H groups in total. The van der Waals surface area contributed by atoms with Crippen molar-refractivity contribution >= 4 is 17.5 Å². The number of nitrogens with zero attached hydrogens (tertiary/aromatic N) is 3. The number of rotatable bonds is 5. The molecule has 2 heterocycles. The highest BCUT2D eigenvalue weighted by atomic mass is 19.1. The molecule has 5 nitrogen and oxygen atoms in total. The number of carbonyl (C=O) groups excluding carboxylic acids is 2. The molecular formula is C25H23F2N3O2. The molecule has 1 unspecified atom stereocenters. The predicted molar refractivity (Wildman–Crippen MR) is 117 cm³/mol. The first kappa shape index (κ1) is 21.6. The van der Waals surface area contributed by atoms with Gasteiger partial charge >= 0.3 is 0 Å². The summed E-state index contributed by atoms with van der Waals surface area (Å²) in [7, 11) is 0. The molecule has 2 amide bonds. The molecule has 1 atom stereocenters. The van der Waals surface area contributed by atoms with E-state index in [4.69, 9.17) is 0 Å². The average Bonchev–Trinajstić information content (AvgIpc) is 2.78. The molecular weight excluding hydrogens is 412 g/mol. The lowest BCUT2D eigenvalue weighted by Gasteiger charge is -2.37. The summed E-state index contributed by atoms with van der Waals surface area (Å²) in [4.78, 5) is 33.0.